The third kappa shape index (κ3) is 5.85. The van der Waals surface area contributed by atoms with Crippen LogP contribution in [0, 0.1) is 11.8 Å². The zero-order valence-corrected chi connectivity index (χ0v) is 11.0. The van der Waals surface area contributed by atoms with E-state index in [1.54, 1.807) is 0 Å². The minimum atomic E-state index is -0.893. The zero-order chi connectivity index (χ0) is 12.9. The second-order valence-electron chi connectivity index (χ2n) is 5.48. The molecular formula is C12H24NO3+. The van der Waals surface area contributed by atoms with Crippen molar-refractivity contribution in [3.8, 4) is 0 Å². The van der Waals surface area contributed by atoms with Crippen molar-refractivity contribution < 1.29 is 19.2 Å². The van der Waals surface area contributed by atoms with Crippen LogP contribution in [0.2, 0.25) is 0 Å². The summed E-state index contributed by atoms with van der Waals surface area (Å²) in [7, 11) is 5.91. The maximum atomic E-state index is 12.0. The number of nitrogens with zero attached hydrogens (tertiary/aromatic N) is 1. The molecule has 4 heteroatoms. The van der Waals surface area contributed by atoms with E-state index in [9.17, 15) is 9.59 Å². The number of carboxylic acid groups (broad SMARTS) is 1. The van der Waals surface area contributed by atoms with Crippen LogP contribution < -0.4 is 0 Å². The first kappa shape index (κ1) is 15.1. The normalized spacial score (nSPS) is 15.6. The van der Waals surface area contributed by atoms with Crippen LogP contribution in [0.4, 0.5) is 0 Å². The first-order valence-electron chi connectivity index (χ1n) is 5.73. The fourth-order valence-corrected chi connectivity index (χ4v) is 1.73. The molecule has 0 amide bonds. The number of Topliss-reactive ketones (excluding diaryl/α,β-unsaturated/α-hetero) is 1. The molecule has 0 aromatic carbocycles. The molecule has 1 N–H and O–H groups in total. The van der Waals surface area contributed by atoms with Crippen molar-refractivity contribution in [3.63, 3.8) is 0 Å². The first-order valence-corrected chi connectivity index (χ1v) is 5.73. The number of quaternary nitrogens is 1. The van der Waals surface area contributed by atoms with Gasteiger partial charge in [0.25, 0.3) is 0 Å². The van der Waals surface area contributed by atoms with Gasteiger partial charge in [-0.15, -0.1) is 0 Å². The molecule has 0 heterocycles. The van der Waals surface area contributed by atoms with Crippen molar-refractivity contribution in [3.05, 3.63) is 0 Å². The number of ketones is 1. The van der Waals surface area contributed by atoms with Crippen molar-refractivity contribution in [1.82, 2.24) is 0 Å². The highest BCUT2D eigenvalue weighted by Gasteiger charge is 2.29. The van der Waals surface area contributed by atoms with E-state index in [1.165, 1.54) is 0 Å². The maximum Gasteiger partial charge on any atom is 0.304 e. The smallest absolute Gasteiger partial charge is 0.304 e. The molecule has 0 aromatic rings. The average molecular weight is 230 g/mol. The largest absolute Gasteiger partial charge is 0.481 e. The topological polar surface area (TPSA) is 54.4 Å². The van der Waals surface area contributed by atoms with E-state index in [-0.39, 0.29) is 24.0 Å². The molecule has 0 saturated heterocycles. The lowest BCUT2D eigenvalue weighted by Crippen LogP contribution is -2.43. The van der Waals surface area contributed by atoms with Crippen LogP contribution in [0.1, 0.15) is 26.7 Å². The molecule has 2 atom stereocenters. The summed E-state index contributed by atoms with van der Waals surface area (Å²) in [5.41, 5.74) is 0. The zero-order valence-electron chi connectivity index (χ0n) is 11.0. The Morgan fingerprint density at radius 2 is 1.75 bits per heavy atom. The quantitative estimate of drug-likeness (QED) is 0.673. The van der Waals surface area contributed by atoms with Gasteiger partial charge in [-0.25, -0.2) is 0 Å². The Balaban J connectivity index is 4.66. The number of hydrogen-bond acceptors (Lipinski definition) is 2. The molecule has 4 nitrogen and oxygen atoms in total. The summed E-state index contributed by atoms with van der Waals surface area (Å²) < 4.78 is 0.611. The van der Waals surface area contributed by atoms with E-state index in [1.807, 2.05) is 35.0 Å². The van der Waals surface area contributed by atoms with Crippen molar-refractivity contribution in [2.45, 2.75) is 26.7 Å². The van der Waals surface area contributed by atoms with E-state index in [0.717, 1.165) is 6.42 Å². The van der Waals surface area contributed by atoms with Crippen LogP contribution in [-0.4, -0.2) is 49.0 Å². The fraction of sp³-hybridized carbons (Fsp3) is 0.833. The molecule has 0 aliphatic carbocycles. The molecule has 0 saturated carbocycles. The van der Waals surface area contributed by atoms with Gasteiger partial charge in [0.05, 0.1) is 40.0 Å². The van der Waals surface area contributed by atoms with E-state index >= 15 is 0 Å². The van der Waals surface area contributed by atoms with Crippen LogP contribution in [0.15, 0.2) is 0 Å². The van der Waals surface area contributed by atoms with Crippen molar-refractivity contribution in [1.29, 1.82) is 0 Å². The molecule has 2 unspecified atom stereocenters. The van der Waals surface area contributed by atoms with Gasteiger partial charge in [0, 0.05) is 5.92 Å². The lowest BCUT2D eigenvalue weighted by Gasteiger charge is -2.29. The Bertz CT molecular complexity index is 255. The van der Waals surface area contributed by atoms with Gasteiger partial charge in [-0.05, 0) is 6.42 Å². The average Bonchev–Trinajstić information content (AvgIpc) is 2.11. The predicted octanol–water partition coefficient (Wildman–Crippen LogP) is 1.40. The van der Waals surface area contributed by atoms with Crippen LogP contribution in [0.5, 0.6) is 0 Å². The molecule has 0 spiro atoms. The number of carboxylic acids is 1. The molecule has 0 aromatic heterocycles. The van der Waals surface area contributed by atoms with Gasteiger partial charge in [0.1, 0.15) is 5.78 Å². The summed E-state index contributed by atoms with van der Waals surface area (Å²) in [5.74, 6) is -1.23. The minimum Gasteiger partial charge on any atom is -0.481 e. The highest BCUT2D eigenvalue weighted by Crippen LogP contribution is 2.16. The Morgan fingerprint density at radius 1 is 1.25 bits per heavy atom. The third-order valence-electron chi connectivity index (χ3n) is 2.69. The van der Waals surface area contributed by atoms with Gasteiger partial charge < -0.3 is 9.59 Å². The Hall–Kier alpha value is -0.900. The Kier molecular flexibility index (Phi) is 5.65. The standard InChI is InChI=1S/C12H23NO3/c1-6-9(2)12(16)10(7-11(14)15)8-13(3,4)5/h9-10H,6-8H2,1-5H3/p+1. The van der Waals surface area contributed by atoms with Crippen LogP contribution in [0.25, 0.3) is 0 Å². The number of rotatable bonds is 7. The number of carbonyl (C=O) groups is 2. The maximum absolute atomic E-state index is 12.0. The second-order valence-corrected chi connectivity index (χ2v) is 5.48. The highest BCUT2D eigenvalue weighted by molar-refractivity contribution is 5.86. The predicted molar refractivity (Wildman–Crippen MR) is 63.1 cm³/mol. The van der Waals surface area contributed by atoms with Crippen LogP contribution in [0.3, 0.4) is 0 Å². The summed E-state index contributed by atoms with van der Waals surface area (Å²) in [5, 5.41) is 8.82. The monoisotopic (exact) mass is 230 g/mol. The van der Waals surface area contributed by atoms with Crippen LogP contribution in [-0.2, 0) is 9.59 Å². The summed E-state index contributed by atoms with van der Waals surface area (Å²) in [6, 6.07) is 0. The van der Waals surface area contributed by atoms with Crippen molar-refractivity contribution in [2.24, 2.45) is 11.8 Å². The lowest BCUT2D eigenvalue weighted by atomic mass is 9.89. The first-order chi connectivity index (χ1) is 7.17. The SMILES string of the molecule is CCC(C)C(=O)C(CC(=O)O)C[N+](C)(C)C. The molecule has 0 aliphatic rings. The summed E-state index contributed by atoms with van der Waals surface area (Å²) >= 11 is 0. The number of aliphatic carboxylic acids is 1. The van der Waals surface area contributed by atoms with E-state index in [0.29, 0.717) is 11.0 Å². The highest BCUT2D eigenvalue weighted by atomic mass is 16.4. The molecule has 0 bridgehead atoms. The van der Waals surface area contributed by atoms with Gasteiger partial charge in [0.2, 0.25) is 0 Å². The molecule has 16 heavy (non-hydrogen) atoms. The molecule has 0 rings (SSSR count). The van der Waals surface area contributed by atoms with Gasteiger partial charge >= 0.3 is 5.97 Å². The molecule has 0 radical (unpaired) electrons. The van der Waals surface area contributed by atoms with Crippen LogP contribution >= 0.6 is 0 Å². The van der Waals surface area contributed by atoms with Gasteiger partial charge in [0.15, 0.2) is 0 Å². The molecule has 0 aliphatic heterocycles. The van der Waals surface area contributed by atoms with Gasteiger partial charge in [-0.2, -0.15) is 0 Å². The Morgan fingerprint density at radius 3 is 2.06 bits per heavy atom. The van der Waals surface area contributed by atoms with E-state index < -0.39 is 5.97 Å². The minimum absolute atomic E-state index is 0.0455. The van der Waals surface area contributed by atoms with E-state index in [2.05, 4.69) is 0 Å². The third-order valence-corrected chi connectivity index (χ3v) is 2.69. The van der Waals surface area contributed by atoms with E-state index in [4.69, 9.17) is 5.11 Å². The van der Waals surface area contributed by atoms with Crippen molar-refractivity contribution in [2.75, 3.05) is 27.7 Å². The number of hydrogen-bond donors (Lipinski definition) is 1. The van der Waals surface area contributed by atoms with Gasteiger partial charge in [-0.1, -0.05) is 13.8 Å². The summed E-state index contributed by atoms with van der Waals surface area (Å²) in [6.07, 6.45) is 0.713. The molecule has 0 fully saturated rings. The fourth-order valence-electron chi connectivity index (χ4n) is 1.73. The molecular weight excluding hydrogens is 206 g/mol. The summed E-state index contributed by atoms with van der Waals surface area (Å²) in [6.45, 7) is 4.40. The summed E-state index contributed by atoms with van der Waals surface area (Å²) in [4.78, 5) is 22.8. The Labute approximate surface area is 97.8 Å². The number of carbonyl (C=O) groups excluding carboxylic acids is 1. The van der Waals surface area contributed by atoms with Crippen molar-refractivity contribution >= 4 is 11.8 Å². The molecule has 94 valence electrons. The lowest BCUT2D eigenvalue weighted by molar-refractivity contribution is -0.872. The second kappa shape index (κ2) is 5.99. The van der Waals surface area contributed by atoms with Gasteiger partial charge in [-0.3, -0.25) is 9.59 Å².